The lowest BCUT2D eigenvalue weighted by atomic mass is 9.77. The Morgan fingerprint density at radius 1 is 1.17 bits per heavy atom. The van der Waals surface area contributed by atoms with E-state index in [-0.39, 0.29) is 35.8 Å². The fourth-order valence-electron chi connectivity index (χ4n) is 4.71. The summed E-state index contributed by atoms with van der Waals surface area (Å²) in [6, 6.07) is 8.02. The van der Waals surface area contributed by atoms with Gasteiger partial charge in [-0.25, -0.2) is 14.8 Å². The van der Waals surface area contributed by atoms with Crippen LogP contribution in [-0.4, -0.2) is 55.8 Å². The molecule has 2 heterocycles. The molecule has 1 saturated heterocycles. The molecule has 1 aromatic heterocycles. The minimum Gasteiger partial charge on any atom is -0.442 e. The maximum Gasteiger partial charge on any atom is 0.410 e. The molecule has 1 aliphatic carbocycles. The lowest BCUT2D eigenvalue weighted by molar-refractivity contribution is -0.119. The van der Waals surface area contributed by atoms with Gasteiger partial charge in [0.15, 0.2) is 0 Å². The summed E-state index contributed by atoms with van der Waals surface area (Å²) in [5.41, 5.74) is 1.15. The largest absolute Gasteiger partial charge is 0.442 e. The standard InChI is InChI=1S/C27H36N4O4/c1-17(2)27(16-26(4,5)34)12-13-31(25(33)35-27)18(3)19-6-8-20(9-7-19)21-14-28-23(29-15-21)24(32)30-22-10-11-22/h6-9,14-15,17-18,22,34H,10-13,16H2,1-5H3,(H,30,32)/t18-,27-/m0/s1. The Hall–Kier alpha value is -3.00. The van der Waals surface area contributed by atoms with Gasteiger partial charge in [0.05, 0.1) is 11.6 Å². The first-order valence-corrected chi connectivity index (χ1v) is 12.4. The average Bonchev–Trinajstić information content (AvgIpc) is 3.62. The van der Waals surface area contributed by atoms with Crippen molar-refractivity contribution in [2.24, 2.45) is 5.92 Å². The smallest absolute Gasteiger partial charge is 0.410 e. The average molecular weight is 481 g/mol. The van der Waals surface area contributed by atoms with Crippen molar-refractivity contribution in [3.8, 4) is 11.1 Å². The van der Waals surface area contributed by atoms with Crippen molar-refractivity contribution in [3.05, 3.63) is 48.0 Å². The quantitative estimate of drug-likeness (QED) is 0.577. The van der Waals surface area contributed by atoms with Crippen LogP contribution in [0.2, 0.25) is 0 Å². The molecule has 188 valence electrons. The molecular weight excluding hydrogens is 444 g/mol. The van der Waals surface area contributed by atoms with Crippen molar-refractivity contribution < 1.29 is 19.4 Å². The minimum atomic E-state index is -0.920. The van der Waals surface area contributed by atoms with Crippen LogP contribution < -0.4 is 5.32 Å². The summed E-state index contributed by atoms with van der Waals surface area (Å²) in [4.78, 5) is 35.3. The number of ether oxygens (including phenoxy) is 1. The van der Waals surface area contributed by atoms with E-state index in [4.69, 9.17) is 4.74 Å². The van der Waals surface area contributed by atoms with Crippen molar-refractivity contribution in [3.63, 3.8) is 0 Å². The number of nitrogens with one attached hydrogen (secondary N) is 1. The maximum absolute atomic E-state index is 13.0. The van der Waals surface area contributed by atoms with E-state index in [2.05, 4.69) is 15.3 Å². The molecule has 2 N–H and O–H groups in total. The number of hydrogen-bond donors (Lipinski definition) is 2. The monoisotopic (exact) mass is 480 g/mol. The molecule has 8 heteroatoms. The van der Waals surface area contributed by atoms with Gasteiger partial charge in [0.2, 0.25) is 5.82 Å². The number of benzene rings is 1. The number of carbonyl (C=O) groups excluding carboxylic acids is 2. The van der Waals surface area contributed by atoms with Crippen LogP contribution in [0, 0.1) is 5.92 Å². The highest BCUT2D eigenvalue weighted by atomic mass is 16.6. The van der Waals surface area contributed by atoms with Crippen molar-refractivity contribution in [1.82, 2.24) is 20.2 Å². The maximum atomic E-state index is 13.0. The molecule has 2 atom stereocenters. The Bertz CT molecular complexity index is 1060. The lowest BCUT2D eigenvalue weighted by Gasteiger charge is -2.47. The number of carbonyl (C=O) groups is 2. The third kappa shape index (κ3) is 5.81. The highest BCUT2D eigenvalue weighted by Gasteiger charge is 2.47. The highest BCUT2D eigenvalue weighted by Crippen LogP contribution is 2.40. The van der Waals surface area contributed by atoms with Crippen molar-refractivity contribution in [2.75, 3.05) is 6.54 Å². The fraction of sp³-hybridized carbons (Fsp3) is 0.556. The predicted molar refractivity (Wildman–Crippen MR) is 133 cm³/mol. The third-order valence-corrected chi connectivity index (χ3v) is 7.05. The predicted octanol–water partition coefficient (Wildman–Crippen LogP) is 4.49. The Labute approximate surface area is 207 Å². The zero-order valence-corrected chi connectivity index (χ0v) is 21.2. The molecule has 2 amide bonds. The molecule has 1 aromatic carbocycles. The van der Waals surface area contributed by atoms with E-state index >= 15 is 0 Å². The van der Waals surface area contributed by atoms with Crippen LogP contribution in [-0.2, 0) is 4.74 Å². The molecule has 1 saturated carbocycles. The van der Waals surface area contributed by atoms with Gasteiger partial charge in [0, 0.05) is 43.4 Å². The Balaban J connectivity index is 1.42. The van der Waals surface area contributed by atoms with Crippen LogP contribution in [0.25, 0.3) is 11.1 Å². The summed E-state index contributed by atoms with van der Waals surface area (Å²) in [5, 5.41) is 13.3. The van der Waals surface area contributed by atoms with E-state index in [0.717, 1.165) is 29.5 Å². The Kier molecular flexibility index (Phi) is 6.86. The second kappa shape index (κ2) is 9.57. The first kappa shape index (κ1) is 25.1. The van der Waals surface area contributed by atoms with Crippen molar-refractivity contribution >= 4 is 12.0 Å². The van der Waals surface area contributed by atoms with Crippen molar-refractivity contribution in [1.29, 1.82) is 0 Å². The number of nitrogens with zero attached hydrogens (tertiary/aromatic N) is 3. The molecule has 8 nitrogen and oxygen atoms in total. The lowest BCUT2D eigenvalue weighted by Crippen LogP contribution is -2.55. The summed E-state index contributed by atoms with van der Waals surface area (Å²) in [5.74, 6) is 0.0419. The van der Waals surface area contributed by atoms with E-state index in [1.54, 1.807) is 31.1 Å². The van der Waals surface area contributed by atoms with E-state index < -0.39 is 11.2 Å². The van der Waals surface area contributed by atoms with Gasteiger partial charge >= 0.3 is 6.09 Å². The molecule has 0 unspecified atom stereocenters. The van der Waals surface area contributed by atoms with Gasteiger partial charge in [-0.05, 0) is 50.7 Å². The second-order valence-electron chi connectivity index (χ2n) is 10.9. The van der Waals surface area contributed by atoms with Gasteiger partial charge < -0.3 is 20.1 Å². The van der Waals surface area contributed by atoms with Crippen molar-refractivity contribution in [2.45, 2.75) is 83.6 Å². The van der Waals surface area contributed by atoms with Crippen LogP contribution in [0.3, 0.4) is 0 Å². The normalized spacial score (nSPS) is 21.6. The molecule has 0 bridgehead atoms. The third-order valence-electron chi connectivity index (χ3n) is 7.05. The first-order chi connectivity index (χ1) is 16.5. The fourth-order valence-corrected chi connectivity index (χ4v) is 4.71. The summed E-state index contributed by atoms with van der Waals surface area (Å²) >= 11 is 0. The number of aromatic nitrogens is 2. The number of aliphatic hydroxyl groups is 1. The van der Waals surface area contributed by atoms with Crippen LogP contribution in [0.15, 0.2) is 36.7 Å². The van der Waals surface area contributed by atoms with E-state index in [9.17, 15) is 14.7 Å². The molecular formula is C27H36N4O4. The molecule has 0 radical (unpaired) electrons. The molecule has 35 heavy (non-hydrogen) atoms. The molecule has 2 fully saturated rings. The topological polar surface area (TPSA) is 105 Å². The summed E-state index contributed by atoms with van der Waals surface area (Å²) in [6.45, 7) is 10.1. The van der Waals surface area contributed by atoms with Gasteiger partial charge in [0.25, 0.3) is 5.91 Å². The Morgan fingerprint density at radius 3 is 2.31 bits per heavy atom. The molecule has 1 aliphatic heterocycles. The second-order valence-corrected chi connectivity index (χ2v) is 10.9. The summed E-state index contributed by atoms with van der Waals surface area (Å²) in [6.07, 6.45) is 6.07. The molecule has 2 aliphatic rings. The number of cyclic esters (lactones) is 1. The van der Waals surface area contributed by atoms with Crippen LogP contribution in [0.4, 0.5) is 4.79 Å². The van der Waals surface area contributed by atoms with E-state index in [0.29, 0.717) is 19.4 Å². The zero-order chi connectivity index (χ0) is 25.4. The first-order valence-electron chi connectivity index (χ1n) is 12.4. The van der Waals surface area contributed by atoms with Gasteiger partial charge in [-0.2, -0.15) is 0 Å². The molecule has 4 rings (SSSR count). The van der Waals surface area contributed by atoms with Gasteiger partial charge in [-0.1, -0.05) is 38.1 Å². The number of hydrogen-bond acceptors (Lipinski definition) is 6. The van der Waals surface area contributed by atoms with E-state index in [1.165, 1.54) is 0 Å². The summed E-state index contributed by atoms with van der Waals surface area (Å²) < 4.78 is 6.00. The van der Waals surface area contributed by atoms with Crippen LogP contribution in [0.5, 0.6) is 0 Å². The zero-order valence-electron chi connectivity index (χ0n) is 21.2. The van der Waals surface area contributed by atoms with Gasteiger partial charge in [-0.3, -0.25) is 4.79 Å². The highest BCUT2D eigenvalue weighted by molar-refractivity contribution is 5.91. The molecule has 2 aromatic rings. The van der Waals surface area contributed by atoms with E-state index in [1.807, 2.05) is 45.0 Å². The Morgan fingerprint density at radius 2 is 1.80 bits per heavy atom. The summed E-state index contributed by atoms with van der Waals surface area (Å²) in [7, 11) is 0. The van der Waals surface area contributed by atoms with Crippen LogP contribution >= 0.6 is 0 Å². The minimum absolute atomic E-state index is 0.100. The number of amides is 2. The van der Waals surface area contributed by atoms with Gasteiger partial charge in [0.1, 0.15) is 5.60 Å². The van der Waals surface area contributed by atoms with Gasteiger partial charge in [-0.15, -0.1) is 0 Å². The van der Waals surface area contributed by atoms with Crippen LogP contribution in [0.1, 0.15) is 82.5 Å². The number of rotatable bonds is 8. The molecule has 0 spiro atoms. The SMILES string of the molecule is CC(C)[C@@]1(CC(C)(C)O)CCN([C@@H](C)c2ccc(-c3cnc(C(=O)NC4CC4)nc3)cc2)C(=O)O1.